The summed E-state index contributed by atoms with van der Waals surface area (Å²) in [7, 11) is 0. The summed E-state index contributed by atoms with van der Waals surface area (Å²) < 4.78 is 5.25. The summed E-state index contributed by atoms with van der Waals surface area (Å²) in [5.41, 5.74) is 0.548. The second-order valence-corrected chi connectivity index (χ2v) is 6.21. The Kier molecular flexibility index (Phi) is 6.69. The third-order valence-corrected chi connectivity index (χ3v) is 4.64. The summed E-state index contributed by atoms with van der Waals surface area (Å²) in [6, 6.07) is 5.13. The van der Waals surface area contributed by atoms with E-state index >= 15 is 0 Å². The SMILES string of the molecule is CC(=O)N(CCNC(=O)C1CCOCC1)c1cccc(Cl)c1Cl. The molecule has 5 nitrogen and oxygen atoms in total. The number of amides is 2. The van der Waals surface area contributed by atoms with Gasteiger partial charge in [-0.15, -0.1) is 0 Å². The van der Waals surface area contributed by atoms with Crippen LogP contribution in [-0.4, -0.2) is 38.1 Å². The number of hydrogen-bond acceptors (Lipinski definition) is 3. The smallest absolute Gasteiger partial charge is 0.223 e. The van der Waals surface area contributed by atoms with Crippen LogP contribution in [0.1, 0.15) is 19.8 Å². The average Bonchev–Trinajstić information content (AvgIpc) is 2.55. The quantitative estimate of drug-likeness (QED) is 0.880. The van der Waals surface area contributed by atoms with Crippen molar-refractivity contribution in [2.24, 2.45) is 5.92 Å². The lowest BCUT2D eigenvalue weighted by molar-refractivity contribution is -0.127. The van der Waals surface area contributed by atoms with E-state index in [0.29, 0.717) is 42.0 Å². The van der Waals surface area contributed by atoms with Gasteiger partial charge in [-0.05, 0) is 25.0 Å². The normalized spacial score (nSPS) is 15.3. The number of hydrogen-bond donors (Lipinski definition) is 1. The van der Waals surface area contributed by atoms with Crippen molar-refractivity contribution >= 4 is 40.7 Å². The molecule has 0 bridgehead atoms. The Bertz CT molecular complexity index is 574. The predicted molar refractivity (Wildman–Crippen MR) is 91.0 cm³/mol. The first-order chi connectivity index (χ1) is 11.0. The van der Waals surface area contributed by atoms with E-state index in [4.69, 9.17) is 27.9 Å². The van der Waals surface area contributed by atoms with Crippen molar-refractivity contribution in [3.63, 3.8) is 0 Å². The fraction of sp³-hybridized carbons (Fsp3) is 0.500. The summed E-state index contributed by atoms with van der Waals surface area (Å²) in [6.45, 7) is 3.39. The van der Waals surface area contributed by atoms with E-state index in [-0.39, 0.29) is 17.7 Å². The van der Waals surface area contributed by atoms with E-state index in [1.165, 1.54) is 11.8 Å². The van der Waals surface area contributed by atoms with Crippen molar-refractivity contribution in [3.8, 4) is 0 Å². The van der Waals surface area contributed by atoms with Gasteiger partial charge in [-0.1, -0.05) is 29.3 Å². The van der Waals surface area contributed by atoms with E-state index in [2.05, 4.69) is 5.32 Å². The molecule has 0 atom stereocenters. The Hall–Kier alpha value is -1.30. The largest absolute Gasteiger partial charge is 0.381 e. The lowest BCUT2D eigenvalue weighted by Crippen LogP contribution is -2.40. The van der Waals surface area contributed by atoms with Crippen molar-refractivity contribution in [1.82, 2.24) is 5.32 Å². The van der Waals surface area contributed by atoms with Gasteiger partial charge in [0.05, 0.1) is 15.7 Å². The molecule has 1 aliphatic heterocycles. The first kappa shape index (κ1) is 18.0. The molecule has 0 aliphatic carbocycles. The molecule has 0 spiro atoms. The zero-order valence-corrected chi connectivity index (χ0v) is 14.5. The van der Waals surface area contributed by atoms with Gasteiger partial charge in [-0.25, -0.2) is 0 Å². The highest BCUT2D eigenvalue weighted by Gasteiger charge is 2.22. The molecular formula is C16H20Cl2N2O3. The number of rotatable bonds is 5. The molecule has 1 N–H and O–H groups in total. The highest BCUT2D eigenvalue weighted by molar-refractivity contribution is 6.44. The molecule has 1 fully saturated rings. The lowest BCUT2D eigenvalue weighted by Gasteiger charge is -2.24. The van der Waals surface area contributed by atoms with Gasteiger partial charge < -0.3 is 15.0 Å². The first-order valence-corrected chi connectivity index (χ1v) is 8.34. The van der Waals surface area contributed by atoms with Crippen molar-refractivity contribution in [3.05, 3.63) is 28.2 Å². The summed E-state index contributed by atoms with van der Waals surface area (Å²) in [4.78, 5) is 25.5. The second kappa shape index (κ2) is 8.52. The summed E-state index contributed by atoms with van der Waals surface area (Å²) >= 11 is 12.2. The summed E-state index contributed by atoms with van der Waals surface area (Å²) in [5.74, 6) is -0.159. The molecule has 1 aromatic carbocycles. The molecule has 2 amide bonds. The van der Waals surface area contributed by atoms with Crippen LogP contribution < -0.4 is 10.2 Å². The van der Waals surface area contributed by atoms with Gasteiger partial charge in [0.2, 0.25) is 11.8 Å². The minimum absolute atomic E-state index is 0.00833. The standard InChI is InChI=1S/C16H20Cl2N2O3/c1-11(21)20(14-4-2-3-13(17)15(14)18)8-7-19-16(22)12-5-9-23-10-6-12/h2-4,12H,5-10H2,1H3,(H,19,22). The van der Waals surface area contributed by atoms with Gasteiger partial charge in [-0.2, -0.15) is 0 Å². The molecule has 1 aromatic rings. The molecule has 0 aromatic heterocycles. The number of anilines is 1. The van der Waals surface area contributed by atoms with Gasteiger partial charge in [-0.3, -0.25) is 9.59 Å². The Morgan fingerprint density at radius 1 is 1.30 bits per heavy atom. The number of nitrogens with zero attached hydrogens (tertiary/aromatic N) is 1. The third kappa shape index (κ3) is 4.83. The number of carbonyl (C=O) groups is 2. The maximum absolute atomic E-state index is 12.1. The fourth-order valence-corrected chi connectivity index (χ4v) is 2.94. The number of halogens is 2. The van der Waals surface area contributed by atoms with Crippen LogP contribution in [0.3, 0.4) is 0 Å². The minimum Gasteiger partial charge on any atom is -0.381 e. The van der Waals surface area contributed by atoms with Crippen LogP contribution >= 0.6 is 23.2 Å². The Morgan fingerprint density at radius 3 is 2.65 bits per heavy atom. The van der Waals surface area contributed by atoms with E-state index in [1.807, 2.05) is 0 Å². The Balaban J connectivity index is 1.94. The molecule has 126 valence electrons. The van der Waals surface area contributed by atoms with E-state index in [9.17, 15) is 9.59 Å². The molecular weight excluding hydrogens is 339 g/mol. The van der Waals surface area contributed by atoms with Crippen LogP contribution in [0, 0.1) is 5.92 Å². The molecule has 1 heterocycles. The van der Waals surface area contributed by atoms with Gasteiger partial charge >= 0.3 is 0 Å². The van der Waals surface area contributed by atoms with Crippen LogP contribution in [0.25, 0.3) is 0 Å². The molecule has 7 heteroatoms. The van der Waals surface area contributed by atoms with Gasteiger partial charge in [0.1, 0.15) is 0 Å². The average molecular weight is 359 g/mol. The Morgan fingerprint density at radius 2 is 2.00 bits per heavy atom. The zero-order valence-electron chi connectivity index (χ0n) is 13.0. The molecule has 1 saturated heterocycles. The molecule has 0 saturated carbocycles. The van der Waals surface area contributed by atoms with E-state index < -0.39 is 0 Å². The van der Waals surface area contributed by atoms with Gasteiger partial charge in [0, 0.05) is 39.1 Å². The maximum Gasteiger partial charge on any atom is 0.223 e. The van der Waals surface area contributed by atoms with Crippen molar-refractivity contribution < 1.29 is 14.3 Å². The molecule has 23 heavy (non-hydrogen) atoms. The first-order valence-electron chi connectivity index (χ1n) is 7.58. The summed E-state index contributed by atoms with van der Waals surface area (Å²) in [6.07, 6.45) is 1.48. The van der Waals surface area contributed by atoms with E-state index in [1.54, 1.807) is 18.2 Å². The summed E-state index contributed by atoms with van der Waals surface area (Å²) in [5, 5.41) is 3.60. The number of carbonyl (C=O) groups excluding carboxylic acids is 2. The molecule has 0 unspecified atom stereocenters. The molecule has 2 rings (SSSR count). The number of nitrogens with one attached hydrogen (secondary N) is 1. The number of benzene rings is 1. The minimum atomic E-state index is -0.158. The molecule has 0 radical (unpaired) electrons. The topological polar surface area (TPSA) is 58.6 Å². The number of ether oxygens (including phenoxy) is 1. The van der Waals surface area contributed by atoms with E-state index in [0.717, 1.165) is 12.8 Å². The third-order valence-electron chi connectivity index (χ3n) is 3.83. The maximum atomic E-state index is 12.1. The lowest BCUT2D eigenvalue weighted by atomic mass is 9.99. The van der Waals surface area contributed by atoms with Crippen molar-refractivity contribution in [2.45, 2.75) is 19.8 Å². The highest BCUT2D eigenvalue weighted by atomic mass is 35.5. The fourth-order valence-electron chi connectivity index (χ4n) is 2.54. The predicted octanol–water partition coefficient (Wildman–Crippen LogP) is 2.89. The van der Waals surface area contributed by atoms with Crippen molar-refractivity contribution in [2.75, 3.05) is 31.2 Å². The molecule has 1 aliphatic rings. The van der Waals surface area contributed by atoms with Crippen LogP contribution in [-0.2, 0) is 14.3 Å². The van der Waals surface area contributed by atoms with Gasteiger partial charge in [0.25, 0.3) is 0 Å². The van der Waals surface area contributed by atoms with Crippen LogP contribution in [0.2, 0.25) is 10.0 Å². The van der Waals surface area contributed by atoms with Gasteiger partial charge in [0.15, 0.2) is 0 Å². The zero-order chi connectivity index (χ0) is 16.8. The van der Waals surface area contributed by atoms with Crippen LogP contribution in [0.15, 0.2) is 18.2 Å². The van der Waals surface area contributed by atoms with Crippen LogP contribution in [0.5, 0.6) is 0 Å². The van der Waals surface area contributed by atoms with Crippen LogP contribution in [0.4, 0.5) is 5.69 Å². The van der Waals surface area contributed by atoms with Crippen molar-refractivity contribution in [1.29, 1.82) is 0 Å². The monoisotopic (exact) mass is 358 g/mol. The second-order valence-electron chi connectivity index (χ2n) is 5.42. The Labute approximate surface area is 145 Å². The highest BCUT2D eigenvalue weighted by Crippen LogP contribution is 2.32.